The fourth-order valence-electron chi connectivity index (χ4n) is 2.46. The monoisotopic (exact) mass is 308 g/mol. The molecule has 0 spiro atoms. The lowest BCUT2D eigenvalue weighted by atomic mass is 10.1. The zero-order valence-electron chi connectivity index (χ0n) is 11.9. The van der Waals surface area contributed by atoms with Gasteiger partial charge in [0.2, 0.25) is 5.91 Å². The molecule has 6 heteroatoms. The third-order valence-corrected chi connectivity index (χ3v) is 4.53. The molecular weight excluding hydrogens is 288 g/mol. The highest BCUT2D eigenvalue weighted by atomic mass is 32.2. The van der Waals surface area contributed by atoms with Crippen LogP contribution in [0.1, 0.15) is 49.0 Å². The second-order valence-corrected chi connectivity index (χ2v) is 6.28. The lowest BCUT2D eigenvalue weighted by Crippen LogP contribution is -2.35. The molecule has 114 valence electrons. The van der Waals surface area contributed by atoms with Crippen molar-refractivity contribution < 1.29 is 14.7 Å². The smallest absolute Gasteiger partial charge is 0.354 e. The van der Waals surface area contributed by atoms with Crippen LogP contribution in [0.5, 0.6) is 0 Å². The molecule has 0 bridgehead atoms. The minimum Gasteiger partial charge on any atom is -0.477 e. The van der Waals surface area contributed by atoms with Crippen molar-refractivity contribution in [2.75, 3.05) is 5.75 Å². The predicted octanol–water partition coefficient (Wildman–Crippen LogP) is 2.71. The molecule has 0 aromatic carbocycles. The molecule has 1 aromatic rings. The van der Waals surface area contributed by atoms with Gasteiger partial charge in [-0.3, -0.25) is 4.79 Å². The van der Waals surface area contributed by atoms with Crippen LogP contribution in [-0.2, 0) is 4.79 Å². The molecule has 5 nitrogen and oxygen atoms in total. The number of pyridine rings is 1. The van der Waals surface area contributed by atoms with E-state index in [4.69, 9.17) is 5.11 Å². The van der Waals surface area contributed by atoms with E-state index in [1.54, 1.807) is 6.07 Å². The Morgan fingerprint density at radius 1 is 1.29 bits per heavy atom. The van der Waals surface area contributed by atoms with E-state index in [1.807, 2.05) is 0 Å². The molecule has 0 radical (unpaired) electrons. The normalized spacial score (nSPS) is 16.2. The maximum absolute atomic E-state index is 12.0. The maximum atomic E-state index is 12.0. The van der Waals surface area contributed by atoms with Crippen LogP contribution < -0.4 is 5.32 Å². The number of nitrogens with one attached hydrogen (secondary N) is 1. The molecule has 2 rings (SSSR count). The summed E-state index contributed by atoms with van der Waals surface area (Å²) in [6.07, 6.45) is 8.47. The molecule has 0 aliphatic heterocycles. The van der Waals surface area contributed by atoms with E-state index in [1.165, 1.54) is 49.7 Å². The molecule has 1 fully saturated rings. The van der Waals surface area contributed by atoms with Crippen molar-refractivity contribution in [1.82, 2.24) is 10.3 Å². The van der Waals surface area contributed by atoms with Crippen LogP contribution >= 0.6 is 11.8 Å². The van der Waals surface area contributed by atoms with E-state index < -0.39 is 5.97 Å². The largest absolute Gasteiger partial charge is 0.477 e. The number of hydrogen-bond donors (Lipinski definition) is 2. The first-order valence-electron chi connectivity index (χ1n) is 7.26. The number of nitrogens with zero attached hydrogens (tertiary/aromatic N) is 1. The summed E-state index contributed by atoms with van der Waals surface area (Å²) >= 11 is 1.34. The molecule has 1 saturated carbocycles. The molecule has 1 aliphatic rings. The van der Waals surface area contributed by atoms with Gasteiger partial charge in [0.1, 0.15) is 5.69 Å². The van der Waals surface area contributed by atoms with Crippen LogP contribution in [0.15, 0.2) is 23.2 Å². The van der Waals surface area contributed by atoms with Gasteiger partial charge in [0.05, 0.1) is 5.75 Å². The minimum absolute atomic E-state index is 0.00387. The first-order chi connectivity index (χ1) is 10.1. The molecule has 0 saturated heterocycles. The third-order valence-electron chi connectivity index (χ3n) is 3.54. The summed E-state index contributed by atoms with van der Waals surface area (Å²) < 4.78 is 0. The molecule has 1 aromatic heterocycles. The van der Waals surface area contributed by atoms with E-state index in [-0.39, 0.29) is 11.6 Å². The molecule has 21 heavy (non-hydrogen) atoms. The maximum Gasteiger partial charge on any atom is 0.354 e. The zero-order chi connectivity index (χ0) is 15.1. The number of carbonyl (C=O) groups excluding carboxylic acids is 1. The Bertz CT molecular complexity index is 499. The lowest BCUT2D eigenvalue weighted by molar-refractivity contribution is -0.119. The number of amides is 1. The summed E-state index contributed by atoms with van der Waals surface area (Å²) in [5, 5.41) is 12.0. The number of carbonyl (C=O) groups is 2. The Kier molecular flexibility index (Phi) is 6.04. The van der Waals surface area contributed by atoms with Gasteiger partial charge in [0.15, 0.2) is 0 Å². The minimum atomic E-state index is -1.06. The summed E-state index contributed by atoms with van der Waals surface area (Å²) in [5.74, 6) is -0.736. The van der Waals surface area contributed by atoms with E-state index in [0.717, 1.165) is 17.7 Å². The van der Waals surface area contributed by atoms with Crippen LogP contribution in [0.3, 0.4) is 0 Å². The van der Waals surface area contributed by atoms with Crippen molar-refractivity contribution in [2.24, 2.45) is 0 Å². The number of carboxylic acids is 1. The summed E-state index contributed by atoms with van der Waals surface area (Å²) in [4.78, 5) is 27.3. The fourth-order valence-corrected chi connectivity index (χ4v) is 3.19. The van der Waals surface area contributed by atoms with Crippen LogP contribution in [0.25, 0.3) is 0 Å². The number of aromatic nitrogens is 1. The molecule has 2 N–H and O–H groups in total. The standard InChI is InChI=1S/C15H20N2O3S/c18-14(17-11-5-3-1-2-4-6-11)10-21-12-7-8-16-13(9-12)15(19)20/h7-9,11H,1-6,10H2,(H,17,18)(H,19,20). The van der Waals surface area contributed by atoms with Crippen molar-refractivity contribution >= 4 is 23.6 Å². The summed E-state index contributed by atoms with van der Waals surface area (Å²) in [5.41, 5.74) is 0.00387. The van der Waals surface area contributed by atoms with Crippen molar-refractivity contribution in [3.05, 3.63) is 24.0 Å². The van der Waals surface area contributed by atoms with Crippen molar-refractivity contribution in [3.8, 4) is 0 Å². The topological polar surface area (TPSA) is 79.3 Å². The third kappa shape index (κ3) is 5.38. The van der Waals surface area contributed by atoms with E-state index >= 15 is 0 Å². The number of hydrogen-bond acceptors (Lipinski definition) is 4. The number of carboxylic acid groups (broad SMARTS) is 1. The second kappa shape index (κ2) is 8.02. The lowest BCUT2D eigenvalue weighted by Gasteiger charge is -2.15. The van der Waals surface area contributed by atoms with Crippen molar-refractivity contribution in [3.63, 3.8) is 0 Å². The highest BCUT2D eigenvalue weighted by Crippen LogP contribution is 2.19. The highest BCUT2D eigenvalue weighted by molar-refractivity contribution is 8.00. The quantitative estimate of drug-likeness (QED) is 0.646. The van der Waals surface area contributed by atoms with Gasteiger partial charge in [-0.2, -0.15) is 0 Å². The van der Waals surface area contributed by atoms with Gasteiger partial charge in [-0.15, -0.1) is 11.8 Å². The Morgan fingerprint density at radius 3 is 2.67 bits per heavy atom. The second-order valence-electron chi connectivity index (χ2n) is 5.23. The average Bonchev–Trinajstić information content (AvgIpc) is 2.74. The van der Waals surface area contributed by atoms with Gasteiger partial charge in [0.25, 0.3) is 0 Å². The summed E-state index contributed by atoms with van der Waals surface area (Å²) in [6.45, 7) is 0. The average molecular weight is 308 g/mol. The number of thioether (sulfide) groups is 1. The van der Waals surface area contributed by atoms with Crippen LogP contribution in [0, 0.1) is 0 Å². The fraction of sp³-hybridized carbons (Fsp3) is 0.533. The van der Waals surface area contributed by atoms with Crippen LogP contribution in [0.4, 0.5) is 0 Å². The number of aromatic carboxylic acids is 1. The van der Waals surface area contributed by atoms with E-state index in [2.05, 4.69) is 10.3 Å². The predicted molar refractivity (Wildman–Crippen MR) is 81.6 cm³/mol. The Balaban J connectivity index is 1.80. The van der Waals surface area contributed by atoms with Gasteiger partial charge >= 0.3 is 5.97 Å². The van der Waals surface area contributed by atoms with Gasteiger partial charge in [-0.25, -0.2) is 9.78 Å². The Morgan fingerprint density at radius 2 is 2.00 bits per heavy atom. The molecule has 0 atom stereocenters. The molecule has 1 heterocycles. The molecule has 0 unspecified atom stereocenters. The highest BCUT2D eigenvalue weighted by Gasteiger charge is 2.15. The molecule has 1 amide bonds. The molecular formula is C15H20N2O3S. The van der Waals surface area contributed by atoms with Crippen LogP contribution in [0.2, 0.25) is 0 Å². The first kappa shape index (κ1) is 15.8. The van der Waals surface area contributed by atoms with E-state index in [9.17, 15) is 9.59 Å². The Labute approximate surface area is 128 Å². The first-order valence-corrected chi connectivity index (χ1v) is 8.25. The van der Waals surface area contributed by atoms with E-state index in [0.29, 0.717) is 11.8 Å². The van der Waals surface area contributed by atoms with Gasteiger partial charge in [-0.1, -0.05) is 25.7 Å². The SMILES string of the molecule is O=C(CSc1ccnc(C(=O)O)c1)NC1CCCCCC1. The summed E-state index contributed by atoms with van der Waals surface area (Å²) in [7, 11) is 0. The van der Waals surface area contributed by atoms with Crippen molar-refractivity contribution in [1.29, 1.82) is 0 Å². The van der Waals surface area contributed by atoms with Gasteiger partial charge < -0.3 is 10.4 Å². The number of rotatable bonds is 5. The van der Waals surface area contributed by atoms with Crippen molar-refractivity contribution in [2.45, 2.75) is 49.5 Å². The summed E-state index contributed by atoms with van der Waals surface area (Å²) in [6, 6.07) is 3.51. The van der Waals surface area contributed by atoms with Gasteiger partial charge in [-0.05, 0) is 25.0 Å². The Hall–Kier alpha value is -1.56. The molecule has 1 aliphatic carbocycles. The zero-order valence-corrected chi connectivity index (χ0v) is 12.7. The van der Waals surface area contributed by atoms with Gasteiger partial charge in [0, 0.05) is 17.1 Å². The van der Waals surface area contributed by atoms with Crippen LogP contribution in [-0.4, -0.2) is 33.8 Å².